The van der Waals surface area contributed by atoms with Crippen LogP contribution in [0.3, 0.4) is 0 Å². The number of aryl methyl sites for hydroxylation is 1. The van der Waals surface area contributed by atoms with Crippen LogP contribution >= 0.6 is 0 Å². The van der Waals surface area contributed by atoms with Crippen LogP contribution in [0.4, 0.5) is 5.82 Å². The molecule has 132 valence electrons. The normalized spacial score (nSPS) is 17.8. The van der Waals surface area contributed by atoms with E-state index in [4.69, 9.17) is 0 Å². The summed E-state index contributed by atoms with van der Waals surface area (Å²) in [6.07, 6.45) is 5.86. The van der Waals surface area contributed by atoms with Crippen LogP contribution in [-0.2, 0) is 23.0 Å². The highest BCUT2D eigenvalue weighted by Crippen LogP contribution is 2.28. The van der Waals surface area contributed by atoms with Gasteiger partial charge in [0.05, 0.1) is 0 Å². The average molecular weight is 357 g/mol. The summed E-state index contributed by atoms with van der Waals surface area (Å²) in [6.45, 7) is 2.27. The fourth-order valence-corrected chi connectivity index (χ4v) is 4.31. The fourth-order valence-electron chi connectivity index (χ4n) is 3.25. The van der Waals surface area contributed by atoms with E-state index in [1.54, 1.807) is 6.07 Å². The third-order valence-electron chi connectivity index (χ3n) is 4.97. The Kier molecular flexibility index (Phi) is 4.48. The lowest BCUT2D eigenvalue weighted by molar-refractivity contribution is 0.577. The van der Waals surface area contributed by atoms with Gasteiger partial charge in [0.2, 0.25) is 10.0 Å². The van der Waals surface area contributed by atoms with Crippen LogP contribution < -0.4 is 9.62 Å². The maximum Gasteiger partial charge on any atom is 0.242 e. The summed E-state index contributed by atoms with van der Waals surface area (Å²) >= 11 is 0. The van der Waals surface area contributed by atoms with Crippen LogP contribution in [-0.4, -0.2) is 26.5 Å². The number of hydrogen-bond acceptors (Lipinski definition) is 4. The highest BCUT2D eigenvalue weighted by Gasteiger charge is 2.24. The Morgan fingerprint density at radius 2 is 1.92 bits per heavy atom. The number of rotatable bonds is 5. The molecule has 1 aliphatic carbocycles. The number of hydrogen-bond donors (Lipinski definition) is 1. The number of fused-ring (bicyclic) bond motifs is 1. The van der Waals surface area contributed by atoms with Crippen molar-refractivity contribution in [3.8, 4) is 0 Å². The molecule has 0 unspecified atom stereocenters. The molecule has 1 aromatic carbocycles. The number of pyridine rings is 1. The maximum atomic E-state index is 12.3. The van der Waals surface area contributed by atoms with Gasteiger partial charge in [0, 0.05) is 25.8 Å². The molecule has 6 heteroatoms. The van der Waals surface area contributed by atoms with Crippen molar-refractivity contribution in [1.82, 2.24) is 9.71 Å². The standard InChI is InChI=1S/C19H23N3O2S/c23-25(24,21-12-15-7-8-15)18-9-10-19(20-13-18)22-11-3-6-16-4-1-2-5-17(16)14-22/h1-2,4-5,9-10,13,15,21H,3,6-8,11-12,14H2. The monoisotopic (exact) mass is 357 g/mol. The van der Waals surface area contributed by atoms with E-state index in [2.05, 4.69) is 38.9 Å². The van der Waals surface area contributed by atoms with Crippen LogP contribution in [0.5, 0.6) is 0 Å². The highest BCUT2D eigenvalue weighted by molar-refractivity contribution is 7.89. The van der Waals surface area contributed by atoms with Gasteiger partial charge in [0.25, 0.3) is 0 Å². The minimum Gasteiger partial charge on any atom is -0.352 e. The van der Waals surface area contributed by atoms with Gasteiger partial charge in [-0.2, -0.15) is 0 Å². The Morgan fingerprint density at radius 3 is 2.64 bits per heavy atom. The zero-order valence-electron chi connectivity index (χ0n) is 14.2. The molecule has 25 heavy (non-hydrogen) atoms. The molecular formula is C19H23N3O2S. The average Bonchev–Trinajstić information content (AvgIpc) is 3.46. The molecule has 2 aliphatic rings. The molecule has 0 saturated heterocycles. The lowest BCUT2D eigenvalue weighted by Crippen LogP contribution is -2.27. The van der Waals surface area contributed by atoms with E-state index in [0.29, 0.717) is 12.5 Å². The summed E-state index contributed by atoms with van der Waals surface area (Å²) < 4.78 is 27.3. The van der Waals surface area contributed by atoms with E-state index in [0.717, 1.165) is 44.6 Å². The highest BCUT2D eigenvalue weighted by atomic mass is 32.2. The first kappa shape index (κ1) is 16.5. The number of nitrogens with one attached hydrogen (secondary N) is 1. The zero-order valence-corrected chi connectivity index (χ0v) is 15.0. The second-order valence-electron chi connectivity index (χ2n) is 6.94. The molecule has 2 aromatic rings. The molecule has 0 atom stereocenters. The summed E-state index contributed by atoms with van der Waals surface area (Å²) in [5.41, 5.74) is 2.72. The lowest BCUT2D eigenvalue weighted by Gasteiger charge is -2.22. The van der Waals surface area contributed by atoms with Crippen molar-refractivity contribution in [2.45, 2.75) is 37.1 Å². The first-order valence-corrected chi connectivity index (χ1v) is 10.4. The largest absolute Gasteiger partial charge is 0.352 e. The van der Waals surface area contributed by atoms with Crippen molar-refractivity contribution >= 4 is 15.8 Å². The topological polar surface area (TPSA) is 62.3 Å². The van der Waals surface area contributed by atoms with E-state index in [9.17, 15) is 8.42 Å². The van der Waals surface area contributed by atoms with Crippen LogP contribution in [0.25, 0.3) is 0 Å². The molecule has 0 radical (unpaired) electrons. The van der Waals surface area contributed by atoms with Gasteiger partial charge in [0.15, 0.2) is 0 Å². The van der Waals surface area contributed by atoms with Gasteiger partial charge in [-0.05, 0) is 54.9 Å². The SMILES string of the molecule is O=S(=O)(NCC1CC1)c1ccc(N2CCCc3ccccc3C2)nc1. The Hall–Kier alpha value is -1.92. The molecule has 4 rings (SSSR count). The predicted molar refractivity (Wildman–Crippen MR) is 98.0 cm³/mol. The maximum absolute atomic E-state index is 12.3. The van der Waals surface area contributed by atoms with E-state index in [-0.39, 0.29) is 4.90 Å². The number of sulfonamides is 1. The lowest BCUT2D eigenvalue weighted by atomic mass is 10.0. The van der Waals surface area contributed by atoms with Gasteiger partial charge in [-0.15, -0.1) is 0 Å². The Morgan fingerprint density at radius 1 is 1.12 bits per heavy atom. The summed E-state index contributed by atoms with van der Waals surface area (Å²) in [6, 6.07) is 12.0. The van der Waals surface area contributed by atoms with Gasteiger partial charge in [-0.25, -0.2) is 18.1 Å². The second kappa shape index (κ2) is 6.77. The van der Waals surface area contributed by atoms with Crippen molar-refractivity contribution in [2.24, 2.45) is 5.92 Å². The summed E-state index contributed by atoms with van der Waals surface area (Å²) in [4.78, 5) is 6.90. The summed E-state index contributed by atoms with van der Waals surface area (Å²) in [7, 11) is -3.45. The van der Waals surface area contributed by atoms with Crippen LogP contribution in [0.2, 0.25) is 0 Å². The molecule has 1 saturated carbocycles. The molecule has 0 amide bonds. The third kappa shape index (κ3) is 3.85. The van der Waals surface area contributed by atoms with Gasteiger partial charge in [-0.3, -0.25) is 0 Å². The van der Waals surface area contributed by atoms with Crippen molar-refractivity contribution < 1.29 is 8.42 Å². The first-order valence-electron chi connectivity index (χ1n) is 8.89. The Bertz CT molecular complexity index is 845. The summed E-state index contributed by atoms with van der Waals surface area (Å²) in [5.74, 6) is 1.34. The van der Waals surface area contributed by atoms with Gasteiger partial charge in [0.1, 0.15) is 10.7 Å². The van der Waals surface area contributed by atoms with Crippen molar-refractivity contribution in [3.05, 3.63) is 53.7 Å². The summed E-state index contributed by atoms with van der Waals surface area (Å²) in [5, 5.41) is 0. The Balaban J connectivity index is 1.50. The number of nitrogens with zero attached hydrogens (tertiary/aromatic N) is 2. The molecule has 1 aliphatic heterocycles. The Labute approximate surface area is 149 Å². The van der Waals surface area contributed by atoms with Crippen molar-refractivity contribution in [2.75, 3.05) is 18.0 Å². The molecule has 0 bridgehead atoms. The predicted octanol–water partition coefficient (Wildman–Crippen LogP) is 2.72. The minimum absolute atomic E-state index is 0.243. The molecule has 1 aromatic heterocycles. The van der Waals surface area contributed by atoms with Gasteiger partial charge < -0.3 is 4.90 Å². The zero-order chi connectivity index (χ0) is 17.3. The molecule has 5 nitrogen and oxygen atoms in total. The number of benzene rings is 1. The molecular weight excluding hydrogens is 334 g/mol. The molecule has 0 spiro atoms. The first-order chi connectivity index (χ1) is 12.1. The van der Waals surface area contributed by atoms with Crippen LogP contribution in [0, 0.1) is 5.92 Å². The molecule has 2 heterocycles. The number of aromatic nitrogens is 1. The quantitative estimate of drug-likeness (QED) is 0.894. The van der Waals surface area contributed by atoms with E-state index in [1.807, 2.05) is 6.07 Å². The van der Waals surface area contributed by atoms with Crippen LogP contribution in [0.1, 0.15) is 30.4 Å². The van der Waals surface area contributed by atoms with Gasteiger partial charge in [-0.1, -0.05) is 24.3 Å². The van der Waals surface area contributed by atoms with Crippen molar-refractivity contribution in [1.29, 1.82) is 0 Å². The molecule has 1 N–H and O–H groups in total. The number of anilines is 1. The van der Waals surface area contributed by atoms with E-state index >= 15 is 0 Å². The van der Waals surface area contributed by atoms with Crippen LogP contribution in [0.15, 0.2) is 47.5 Å². The second-order valence-corrected chi connectivity index (χ2v) is 8.71. The van der Waals surface area contributed by atoms with Gasteiger partial charge >= 0.3 is 0 Å². The smallest absolute Gasteiger partial charge is 0.242 e. The minimum atomic E-state index is -3.45. The third-order valence-corrected chi connectivity index (χ3v) is 6.38. The van der Waals surface area contributed by atoms with E-state index in [1.165, 1.54) is 17.3 Å². The molecule has 1 fully saturated rings. The van der Waals surface area contributed by atoms with Crippen molar-refractivity contribution in [3.63, 3.8) is 0 Å². The van der Waals surface area contributed by atoms with E-state index < -0.39 is 10.0 Å². The fraction of sp³-hybridized carbons (Fsp3) is 0.421.